The van der Waals surface area contributed by atoms with Crippen LogP contribution in [0.2, 0.25) is 0 Å². The Morgan fingerprint density at radius 3 is 2.78 bits per heavy atom. The number of nitrogens with zero attached hydrogens (tertiary/aromatic N) is 3. The Balaban J connectivity index is 2.19. The maximum Gasteiger partial charge on any atom is 0.102 e. The van der Waals surface area contributed by atoms with Gasteiger partial charge in [-0.2, -0.15) is 10.4 Å². The standard InChI is InChI=1S/C14H16N4/c1-10-5-4-6-14(13(10)7-15)16-8-12-9-18(3)17-11(12)2/h4-6,9,16H,8H2,1-3H3. The molecule has 1 aromatic carbocycles. The minimum Gasteiger partial charge on any atom is -0.380 e. The van der Waals surface area contributed by atoms with Crippen LogP contribution in [0.3, 0.4) is 0 Å². The second-order valence-electron chi connectivity index (χ2n) is 4.38. The van der Waals surface area contributed by atoms with E-state index in [1.807, 2.05) is 45.3 Å². The van der Waals surface area contributed by atoms with Gasteiger partial charge in [0.1, 0.15) is 6.07 Å². The Kier molecular flexibility index (Phi) is 3.33. The largest absolute Gasteiger partial charge is 0.380 e. The monoisotopic (exact) mass is 240 g/mol. The zero-order chi connectivity index (χ0) is 13.1. The number of nitrogens with one attached hydrogen (secondary N) is 1. The average Bonchev–Trinajstić information content (AvgIpc) is 2.65. The van der Waals surface area contributed by atoms with Gasteiger partial charge in [-0.15, -0.1) is 0 Å². The minimum atomic E-state index is 0.678. The second-order valence-corrected chi connectivity index (χ2v) is 4.38. The zero-order valence-electron chi connectivity index (χ0n) is 10.9. The van der Waals surface area contributed by atoms with E-state index in [0.717, 1.165) is 22.5 Å². The second kappa shape index (κ2) is 4.92. The van der Waals surface area contributed by atoms with E-state index in [-0.39, 0.29) is 0 Å². The van der Waals surface area contributed by atoms with Crippen molar-refractivity contribution in [2.75, 3.05) is 5.32 Å². The van der Waals surface area contributed by atoms with Gasteiger partial charge in [-0.3, -0.25) is 4.68 Å². The van der Waals surface area contributed by atoms with Crippen LogP contribution >= 0.6 is 0 Å². The molecule has 1 N–H and O–H groups in total. The lowest BCUT2D eigenvalue weighted by molar-refractivity contribution is 0.756. The Hall–Kier alpha value is -2.28. The Morgan fingerprint density at radius 1 is 1.39 bits per heavy atom. The topological polar surface area (TPSA) is 53.6 Å². The summed E-state index contributed by atoms with van der Waals surface area (Å²) in [6.07, 6.45) is 1.99. The molecule has 0 atom stereocenters. The maximum atomic E-state index is 9.15. The third kappa shape index (κ3) is 2.35. The number of hydrogen-bond donors (Lipinski definition) is 1. The molecule has 0 saturated carbocycles. The lowest BCUT2D eigenvalue weighted by Gasteiger charge is -2.09. The van der Waals surface area contributed by atoms with E-state index in [1.165, 1.54) is 0 Å². The first-order valence-corrected chi connectivity index (χ1v) is 5.84. The van der Waals surface area contributed by atoms with E-state index in [0.29, 0.717) is 12.1 Å². The molecule has 0 aliphatic carbocycles. The molecular weight excluding hydrogens is 224 g/mol. The third-order valence-electron chi connectivity index (χ3n) is 2.97. The summed E-state index contributed by atoms with van der Waals surface area (Å²) in [5, 5.41) is 16.7. The van der Waals surface area contributed by atoms with Crippen molar-refractivity contribution in [2.45, 2.75) is 20.4 Å². The highest BCUT2D eigenvalue weighted by Gasteiger charge is 2.06. The van der Waals surface area contributed by atoms with Crippen LogP contribution in [-0.2, 0) is 13.6 Å². The highest BCUT2D eigenvalue weighted by molar-refractivity contribution is 5.60. The predicted molar refractivity (Wildman–Crippen MR) is 71.2 cm³/mol. The molecule has 0 spiro atoms. The molecule has 0 unspecified atom stereocenters. The van der Waals surface area contributed by atoms with Gasteiger partial charge in [0.15, 0.2) is 0 Å². The van der Waals surface area contributed by atoms with Crippen molar-refractivity contribution in [2.24, 2.45) is 7.05 Å². The van der Waals surface area contributed by atoms with Gasteiger partial charge < -0.3 is 5.32 Å². The molecule has 0 amide bonds. The summed E-state index contributed by atoms with van der Waals surface area (Å²) in [5.74, 6) is 0. The van der Waals surface area contributed by atoms with Gasteiger partial charge in [0.25, 0.3) is 0 Å². The van der Waals surface area contributed by atoms with Crippen LogP contribution in [0.1, 0.15) is 22.4 Å². The zero-order valence-corrected chi connectivity index (χ0v) is 10.9. The molecule has 0 aliphatic rings. The third-order valence-corrected chi connectivity index (χ3v) is 2.97. The van der Waals surface area contributed by atoms with Gasteiger partial charge in [0.05, 0.1) is 16.9 Å². The molecule has 1 aromatic heterocycles. The lowest BCUT2D eigenvalue weighted by atomic mass is 10.1. The van der Waals surface area contributed by atoms with E-state index >= 15 is 0 Å². The molecular formula is C14H16N4. The maximum absolute atomic E-state index is 9.15. The summed E-state index contributed by atoms with van der Waals surface area (Å²) in [7, 11) is 1.91. The van der Waals surface area contributed by atoms with E-state index in [2.05, 4.69) is 16.5 Å². The van der Waals surface area contributed by atoms with Crippen molar-refractivity contribution < 1.29 is 0 Å². The van der Waals surface area contributed by atoms with Gasteiger partial charge in [-0.1, -0.05) is 12.1 Å². The number of aryl methyl sites for hydroxylation is 3. The smallest absolute Gasteiger partial charge is 0.102 e. The van der Waals surface area contributed by atoms with E-state index in [9.17, 15) is 0 Å². The number of hydrogen-bond acceptors (Lipinski definition) is 3. The molecule has 4 heteroatoms. The molecule has 1 heterocycles. The van der Waals surface area contributed by atoms with E-state index in [1.54, 1.807) is 4.68 Å². The normalized spacial score (nSPS) is 10.1. The Bertz CT molecular complexity index is 605. The quantitative estimate of drug-likeness (QED) is 0.896. The molecule has 0 bridgehead atoms. The first kappa shape index (κ1) is 12.2. The first-order chi connectivity index (χ1) is 8.61. The Morgan fingerprint density at radius 2 is 2.17 bits per heavy atom. The van der Waals surface area contributed by atoms with Crippen molar-refractivity contribution in [3.05, 3.63) is 46.8 Å². The molecule has 2 rings (SSSR count). The van der Waals surface area contributed by atoms with Crippen LogP contribution in [0.4, 0.5) is 5.69 Å². The molecule has 92 valence electrons. The molecule has 0 fully saturated rings. The van der Waals surface area contributed by atoms with E-state index in [4.69, 9.17) is 5.26 Å². The van der Waals surface area contributed by atoms with Gasteiger partial charge in [-0.05, 0) is 25.5 Å². The summed E-state index contributed by atoms with van der Waals surface area (Å²) < 4.78 is 1.80. The summed E-state index contributed by atoms with van der Waals surface area (Å²) in [4.78, 5) is 0. The molecule has 18 heavy (non-hydrogen) atoms. The number of nitriles is 1. The highest BCUT2D eigenvalue weighted by atomic mass is 15.2. The number of anilines is 1. The van der Waals surface area contributed by atoms with Crippen molar-refractivity contribution in [1.29, 1.82) is 5.26 Å². The molecule has 4 nitrogen and oxygen atoms in total. The number of benzene rings is 1. The summed E-state index contributed by atoms with van der Waals surface area (Å²) in [6.45, 7) is 4.61. The lowest BCUT2D eigenvalue weighted by Crippen LogP contribution is -2.02. The van der Waals surface area contributed by atoms with Crippen molar-refractivity contribution >= 4 is 5.69 Å². The van der Waals surface area contributed by atoms with Crippen molar-refractivity contribution in [3.63, 3.8) is 0 Å². The summed E-state index contributed by atoms with van der Waals surface area (Å²) in [5.41, 5.74) is 4.73. The molecule has 0 radical (unpaired) electrons. The van der Waals surface area contributed by atoms with Crippen LogP contribution < -0.4 is 5.32 Å². The fraction of sp³-hybridized carbons (Fsp3) is 0.286. The van der Waals surface area contributed by atoms with Crippen LogP contribution in [0.15, 0.2) is 24.4 Å². The van der Waals surface area contributed by atoms with Crippen LogP contribution in [0.25, 0.3) is 0 Å². The van der Waals surface area contributed by atoms with Gasteiger partial charge >= 0.3 is 0 Å². The van der Waals surface area contributed by atoms with Crippen LogP contribution in [-0.4, -0.2) is 9.78 Å². The van der Waals surface area contributed by atoms with Crippen LogP contribution in [0.5, 0.6) is 0 Å². The number of aromatic nitrogens is 2. The molecule has 0 aliphatic heterocycles. The summed E-state index contributed by atoms with van der Waals surface area (Å²) in [6, 6.07) is 8.06. The predicted octanol–water partition coefficient (Wildman–Crippen LogP) is 2.52. The van der Waals surface area contributed by atoms with Gasteiger partial charge in [-0.25, -0.2) is 0 Å². The fourth-order valence-electron chi connectivity index (χ4n) is 1.98. The van der Waals surface area contributed by atoms with Crippen molar-refractivity contribution in [3.8, 4) is 6.07 Å². The van der Waals surface area contributed by atoms with Crippen LogP contribution in [0, 0.1) is 25.2 Å². The molecule has 2 aromatic rings. The van der Waals surface area contributed by atoms with E-state index < -0.39 is 0 Å². The van der Waals surface area contributed by atoms with Gasteiger partial charge in [0, 0.05) is 25.4 Å². The SMILES string of the molecule is Cc1cccc(NCc2cn(C)nc2C)c1C#N. The molecule has 0 saturated heterocycles. The van der Waals surface area contributed by atoms with Crippen molar-refractivity contribution in [1.82, 2.24) is 9.78 Å². The number of rotatable bonds is 3. The van der Waals surface area contributed by atoms with Gasteiger partial charge in [0.2, 0.25) is 0 Å². The first-order valence-electron chi connectivity index (χ1n) is 5.84. The highest BCUT2D eigenvalue weighted by Crippen LogP contribution is 2.19. The summed E-state index contributed by atoms with van der Waals surface area (Å²) >= 11 is 0. The average molecular weight is 240 g/mol. The Labute approximate surface area is 107 Å². The fourth-order valence-corrected chi connectivity index (χ4v) is 1.98. The minimum absolute atomic E-state index is 0.678.